The molecule has 0 bridgehead atoms. The summed E-state index contributed by atoms with van der Waals surface area (Å²) in [4.78, 5) is 0. The fourth-order valence-electron chi connectivity index (χ4n) is 3.41. The van der Waals surface area contributed by atoms with Crippen molar-refractivity contribution in [3.05, 3.63) is 60.2 Å². The second-order valence-electron chi connectivity index (χ2n) is 5.65. The standard InChI is InChI=1S/C20H26/c1-4-16-20(5-2,6-3)19-15-11-10-14-18(19)17-12-8-7-9-13-17/h7-15H,4-6,16H2,1-3H3. The van der Waals surface area contributed by atoms with Crippen molar-refractivity contribution < 1.29 is 0 Å². The van der Waals surface area contributed by atoms with Crippen molar-refractivity contribution in [1.29, 1.82) is 0 Å². The number of hydrogen-bond acceptors (Lipinski definition) is 0. The van der Waals surface area contributed by atoms with Crippen LogP contribution in [0.3, 0.4) is 0 Å². The van der Waals surface area contributed by atoms with Gasteiger partial charge in [0, 0.05) is 0 Å². The lowest BCUT2D eigenvalue weighted by atomic mass is 9.70. The molecule has 0 aliphatic heterocycles. The molecule has 0 nitrogen and oxygen atoms in total. The van der Waals surface area contributed by atoms with E-state index < -0.39 is 0 Å². The summed E-state index contributed by atoms with van der Waals surface area (Å²) in [6.07, 6.45) is 4.93. The Morgan fingerprint density at radius 1 is 0.750 bits per heavy atom. The highest BCUT2D eigenvalue weighted by atomic mass is 14.3. The van der Waals surface area contributed by atoms with Crippen molar-refractivity contribution in [3.8, 4) is 11.1 Å². The molecule has 20 heavy (non-hydrogen) atoms. The third-order valence-electron chi connectivity index (χ3n) is 4.67. The highest BCUT2D eigenvalue weighted by Gasteiger charge is 2.29. The third-order valence-corrected chi connectivity index (χ3v) is 4.67. The molecule has 0 fully saturated rings. The molecule has 0 aliphatic carbocycles. The summed E-state index contributed by atoms with van der Waals surface area (Å²) >= 11 is 0. The minimum absolute atomic E-state index is 0.321. The molecule has 0 radical (unpaired) electrons. The van der Waals surface area contributed by atoms with Crippen LogP contribution in [0.2, 0.25) is 0 Å². The predicted molar refractivity (Wildman–Crippen MR) is 89.0 cm³/mol. The van der Waals surface area contributed by atoms with Gasteiger partial charge in [0.05, 0.1) is 0 Å². The summed E-state index contributed by atoms with van der Waals surface area (Å²) in [7, 11) is 0. The maximum atomic E-state index is 2.34. The second-order valence-corrected chi connectivity index (χ2v) is 5.65. The number of benzene rings is 2. The Labute approximate surface area is 123 Å². The van der Waals surface area contributed by atoms with Gasteiger partial charge in [-0.25, -0.2) is 0 Å². The molecule has 0 saturated carbocycles. The van der Waals surface area contributed by atoms with Gasteiger partial charge in [-0.15, -0.1) is 0 Å². The Morgan fingerprint density at radius 2 is 1.35 bits per heavy atom. The lowest BCUT2D eigenvalue weighted by Gasteiger charge is -2.34. The quantitative estimate of drug-likeness (QED) is 0.583. The van der Waals surface area contributed by atoms with E-state index in [1.807, 2.05) is 0 Å². The zero-order chi connectivity index (χ0) is 14.4. The monoisotopic (exact) mass is 266 g/mol. The normalized spacial score (nSPS) is 11.6. The maximum absolute atomic E-state index is 2.34. The van der Waals surface area contributed by atoms with Crippen LogP contribution in [0.1, 0.15) is 52.0 Å². The zero-order valence-electron chi connectivity index (χ0n) is 13.0. The molecule has 0 aliphatic rings. The largest absolute Gasteiger partial charge is 0.0654 e. The highest BCUT2D eigenvalue weighted by Crippen LogP contribution is 2.41. The maximum Gasteiger partial charge on any atom is -0.00462 e. The van der Waals surface area contributed by atoms with Gasteiger partial charge in [0.15, 0.2) is 0 Å². The smallest absolute Gasteiger partial charge is 0.00462 e. The summed E-state index contributed by atoms with van der Waals surface area (Å²) in [5, 5.41) is 0. The van der Waals surface area contributed by atoms with Crippen molar-refractivity contribution in [2.45, 2.75) is 51.9 Å². The average Bonchev–Trinajstić information content (AvgIpc) is 2.54. The topological polar surface area (TPSA) is 0 Å². The summed E-state index contributed by atoms with van der Waals surface area (Å²) in [5.41, 5.74) is 4.59. The molecule has 106 valence electrons. The van der Waals surface area contributed by atoms with E-state index in [4.69, 9.17) is 0 Å². The van der Waals surface area contributed by atoms with E-state index in [1.54, 1.807) is 0 Å². The molecule has 0 amide bonds. The van der Waals surface area contributed by atoms with Crippen molar-refractivity contribution in [2.75, 3.05) is 0 Å². The Balaban J connectivity index is 2.57. The molecule has 2 aromatic carbocycles. The van der Waals surface area contributed by atoms with Crippen LogP contribution in [0.25, 0.3) is 11.1 Å². The molecular weight excluding hydrogens is 240 g/mol. The van der Waals surface area contributed by atoms with E-state index >= 15 is 0 Å². The van der Waals surface area contributed by atoms with Gasteiger partial charge in [-0.05, 0) is 41.4 Å². The third kappa shape index (κ3) is 2.80. The average molecular weight is 266 g/mol. The molecule has 0 saturated heterocycles. The summed E-state index contributed by atoms with van der Waals surface area (Å²) < 4.78 is 0. The molecule has 0 spiro atoms. The first kappa shape index (κ1) is 14.8. The molecule has 0 heteroatoms. The minimum Gasteiger partial charge on any atom is -0.0654 e. The Kier molecular flexibility index (Phi) is 5.00. The molecule has 0 unspecified atom stereocenters. The Morgan fingerprint density at radius 3 is 1.95 bits per heavy atom. The van der Waals surface area contributed by atoms with Crippen LogP contribution in [0.4, 0.5) is 0 Å². The SMILES string of the molecule is CCCC(CC)(CC)c1ccccc1-c1ccccc1. The first-order valence-corrected chi connectivity index (χ1v) is 7.92. The van der Waals surface area contributed by atoms with E-state index in [2.05, 4.69) is 75.4 Å². The van der Waals surface area contributed by atoms with Crippen molar-refractivity contribution in [2.24, 2.45) is 0 Å². The van der Waals surface area contributed by atoms with E-state index in [1.165, 1.54) is 42.4 Å². The van der Waals surface area contributed by atoms with Gasteiger partial charge in [0.2, 0.25) is 0 Å². The fourth-order valence-corrected chi connectivity index (χ4v) is 3.41. The fraction of sp³-hybridized carbons (Fsp3) is 0.400. The minimum atomic E-state index is 0.321. The van der Waals surface area contributed by atoms with Crippen LogP contribution < -0.4 is 0 Å². The van der Waals surface area contributed by atoms with E-state index in [0.717, 1.165) is 0 Å². The van der Waals surface area contributed by atoms with E-state index in [-0.39, 0.29) is 0 Å². The summed E-state index contributed by atoms with van der Waals surface area (Å²) in [6.45, 7) is 6.97. The molecular formula is C20H26. The molecule has 2 aromatic rings. The first-order valence-electron chi connectivity index (χ1n) is 7.92. The molecule has 0 aromatic heterocycles. The van der Waals surface area contributed by atoms with E-state index in [9.17, 15) is 0 Å². The first-order chi connectivity index (χ1) is 9.77. The molecule has 0 N–H and O–H groups in total. The molecule has 0 atom stereocenters. The van der Waals surface area contributed by atoms with Crippen LogP contribution in [0.15, 0.2) is 54.6 Å². The van der Waals surface area contributed by atoms with Crippen LogP contribution in [-0.2, 0) is 5.41 Å². The van der Waals surface area contributed by atoms with Crippen molar-refractivity contribution >= 4 is 0 Å². The van der Waals surface area contributed by atoms with Gasteiger partial charge < -0.3 is 0 Å². The lowest BCUT2D eigenvalue weighted by Crippen LogP contribution is -2.25. The van der Waals surface area contributed by atoms with Crippen molar-refractivity contribution in [1.82, 2.24) is 0 Å². The van der Waals surface area contributed by atoms with Gasteiger partial charge in [0.1, 0.15) is 0 Å². The zero-order valence-corrected chi connectivity index (χ0v) is 13.0. The van der Waals surface area contributed by atoms with Crippen LogP contribution in [0.5, 0.6) is 0 Å². The van der Waals surface area contributed by atoms with Crippen molar-refractivity contribution in [3.63, 3.8) is 0 Å². The van der Waals surface area contributed by atoms with Gasteiger partial charge in [-0.1, -0.05) is 81.8 Å². The summed E-state index contributed by atoms with van der Waals surface area (Å²) in [6, 6.07) is 19.8. The predicted octanol–water partition coefficient (Wildman–Crippen LogP) is 6.21. The van der Waals surface area contributed by atoms with Gasteiger partial charge >= 0.3 is 0 Å². The molecule has 0 heterocycles. The van der Waals surface area contributed by atoms with Crippen LogP contribution in [0, 0.1) is 0 Å². The second kappa shape index (κ2) is 6.74. The Hall–Kier alpha value is -1.56. The lowest BCUT2D eigenvalue weighted by molar-refractivity contribution is 0.362. The Bertz CT molecular complexity index is 521. The number of hydrogen-bond donors (Lipinski definition) is 0. The summed E-state index contributed by atoms with van der Waals surface area (Å²) in [5.74, 6) is 0. The number of rotatable bonds is 6. The van der Waals surface area contributed by atoms with Gasteiger partial charge in [0.25, 0.3) is 0 Å². The van der Waals surface area contributed by atoms with Gasteiger partial charge in [-0.2, -0.15) is 0 Å². The molecule has 2 rings (SSSR count). The highest BCUT2D eigenvalue weighted by molar-refractivity contribution is 5.68. The van der Waals surface area contributed by atoms with E-state index in [0.29, 0.717) is 5.41 Å². The van der Waals surface area contributed by atoms with Gasteiger partial charge in [-0.3, -0.25) is 0 Å². The van der Waals surface area contributed by atoms with Crippen LogP contribution in [-0.4, -0.2) is 0 Å². The van der Waals surface area contributed by atoms with Crippen LogP contribution >= 0.6 is 0 Å².